The Morgan fingerprint density at radius 2 is 2.29 bits per heavy atom. The van der Waals surface area contributed by atoms with Crippen molar-refractivity contribution >= 4 is 5.65 Å². The van der Waals surface area contributed by atoms with E-state index in [0.29, 0.717) is 5.65 Å². The van der Waals surface area contributed by atoms with Crippen LogP contribution >= 0.6 is 0 Å². The minimum absolute atomic E-state index is 0.0356. The highest BCUT2D eigenvalue weighted by molar-refractivity contribution is 5.40. The molecule has 0 aliphatic carbocycles. The zero-order valence-electron chi connectivity index (χ0n) is 8.37. The fourth-order valence-electron chi connectivity index (χ4n) is 1.59. The number of hydrogen-bond acceptors (Lipinski definition) is 2. The van der Waals surface area contributed by atoms with E-state index in [1.807, 2.05) is 13.0 Å². The van der Waals surface area contributed by atoms with E-state index in [0.717, 1.165) is 24.2 Å². The zero-order valence-corrected chi connectivity index (χ0v) is 8.37. The van der Waals surface area contributed by atoms with Crippen LogP contribution in [-0.2, 0) is 6.42 Å². The van der Waals surface area contributed by atoms with Gasteiger partial charge in [0.2, 0.25) is 0 Å². The molecular weight excluding hydrogens is 178 g/mol. The van der Waals surface area contributed by atoms with Gasteiger partial charge in [-0.2, -0.15) is 0 Å². The Labute approximate surface area is 81.6 Å². The molecule has 0 atom stereocenters. The van der Waals surface area contributed by atoms with Crippen molar-refractivity contribution < 1.29 is 0 Å². The average molecular weight is 191 g/mol. The standard InChI is InChI=1S/C10H13N3O/c1-3-4-8-5-9-11-7(2)12-13(9)10(14)6-8/h5-6H,3-4H2,1-2H3,(H,11,12). The fourth-order valence-corrected chi connectivity index (χ4v) is 1.59. The summed E-state index contributed by atoms with van der Waals surface area (Å²) in [6, 6.07) is 3.61. The Morgan fingerprint density at radius 1 is 1.50 bits per heavy atom. The minimum Gasteiger partial charge on any atom is -0.277 e. The second kappa shape index (κ2) is 3.29. The minimum atomic E-state index is -0.0356. The summed E-state index contributed by atoms with van der Waals surface area (Å²) in [4.78, 5) is 15.8. The molecule has 14 heavy (non-hydrogen) atoms. The van der Waals surface area contributed by atoms with Crippen LogP contribution in [-0.4, -0.2) is 14.6 Å². The molecule has 2 aromatic heterocycles. The molecule has 0 aliphatic rings. The van der Waals surface area contributed by atoms with Crippen molar-refractivity contribution in [3.63, 3.8) is 0 Å². The lowest BCUT2D eigenvalue weighted by molar-refractivity contribution is 0.872. The van der Waals surface area contributed by atoms with Crippen molar-refractivity contribution in [2.24, 2.45) is 0 Å². The number of nitrogens with zero attached hydrogens (tertiary/aromatic N) is 2. The van der Waals surface area contributed by atoms with Gasteiger partial charge in [-0.05, 0) is 25.0 Å². The van der Waals surface area contributed by atoms with E-state index < -0.39 is 0 Å². The van der Waals surface area contributed by atoms with Gasteiger partial charge in [-0.15, -0.1) is 0 Å². The van der Waals surface area contributed by atoms with Gasteiger partial charge >= 0.3 is 0 Å². The molecule has 0 saturated carbocycles. The van der Waals surface area contributed by atoms with Crippen molar-refractivity contribution in [2.45, 2.75) is 26.7 Å². The molecule has 2 rings (SSSR count). The number of aromatic amines is 1. The highest BCUT2D eigenvalue weighted by Gasteiger charge is 2.02. The monoisotopic (exact) mass is 191 g/mol. The van der Waals surface area contributed by atoms with Gasteiger partial charge in [-0.25, -0.2) is 9.50 Å². The molecule has 2 aromatic rings. The van der Waals surface area contributed by atoms with Gasteiger partial charge in [-0.3, -0.25) is 9.89 Å². The summed E-state index contributed by atoms with van der Waals surface area (Å²) in [5.41, 5.74) is 1.73. The predicted molar refractivity (Wildman–Crippen MR) is 54.5 cm³/mol. The van der Waals surface area contributed by atoms with E-state index in [-0.39, 0.29) is 5.56 Å². The predicted octanol–water partition coefficient (Wildman–Crippen LogP) is 1.28. The van der Waals surface area contributed by atoms with E-state index in [4.69, 9.17) is 0 Å². The molecule has 0 fully saturated rings. The summed E-state index contributed by atoms with van der Waals surface area (Å²) in [7, 11) is 0. The molecule has 4 heteroatoms. The van der Waals surface area contributed by atoms with E-state index in [1.165, 1.54) is 4.52 Å². The van der Waals surface area contributed by atoms with Crippen molar-refractivity contribution in [1.29, 1.82) is 0 Å². The van der Waals surface area contributed by atoms with Crippen LogP contribution < -0.4 is 5.56 Å². The van der Waals surface area contributed by atoms with Crippen LogP contribution in [0.1, 0.15) is 24.7 Å². The van der Waals surface area contributed by atoms with Crippen LogP contribution in [0, 0.1) is 6.92 Å². The lowest BCUT2D eigenvalue weighted by Crippen LogP contribution is -2.13. The number of hydrogen-bond donors (Lipinski definition) is 1. The average Bonchev–Trinajstić information content (AvgIpc) is 2.47. The molecule has 0 amide bonds. The molecule has 0 unspecified atom stereocenters. The highest BCUT2D eigenvalue weighted by Crippen LogP contribution is 2.04. The number of rotatable bonds is 2. The van der Waals surface area contributed by atoms with Crippen LogP contribution in [0.5, 0.6) is 0 Å². The van der Waals surface area contributed by atoms with Crippen LogP contribution in [0.2, 0.25) is 0 Å². The maximum absolute atomic E-state index is 11.6. The van der Waals surface area contributed by atoms with E-state index >= 15 is 0 Å². The summed E-state index contributed by atoms with van der Waals surface area (Å²) in [5, 5.41) is 2.89. The summed E-state index contributed by atoms with van der Waals surface area (Å²) in [6.07, 6.45) is 1.97. The first-order valence-corrected chi connectivity index (χ1v) is 4.79. The lowest BCUT2D eigenvalue weighted by atomic mass is 10.1. The molecule has 2 heterocycles. The van der Waals surface area contributed by atoms with E-state index in [2.05, 4.69) is 17.0 Å². The first kappa shape index (κ1) is 8.99. The van der Waals surface area contributed by atoms with Crippen molar-refractivity contribution in [3.8, 4) is 0 Å². The molecule has 74 valence electrons. The molecule has 0 saturated heterocycles. The Kier molecular flexibility index (Phi) is 2.11. The second-order valence-corrected chi connectivity index (χ2v) is 3.45. The topological polar surface area (TPSA) is 50.2 Å². The zero-order chi connectivity index (χ0) is 10.1. The third-order valence-electron chi connectivity index (χ3n) is 2.17. The van der Waals surface area contributed by atoms with Crippen LogP contribution in [0.4, 0.5) is 0 Å². The van der Waals surface area contributed by atoms with Crippen LogP contribution in [0.25, 0.3) is 5.65 Å². The Morgan fingerprint density at radius 3 is 3.00 bits per heavy atom. The molecule has 0 radical (unpaired) electrons. The van der Waals surface area contributed by atoms with Crippen molar-refractivity contribution in [3.05, 3.63) is 33.9 Å². The summed E-state index contributed by atoms with van der Waals surface area (Å²) < 4.78 is 1.47. The number of H-pyrrole nitrogens is 1. The molecule has 4 nitrogen and oxygen atoms in total. The highest BCUT2D eigenvalue weighted by atomic mass is 16.1. The summed E-state index contributed by atoms with van der Waals surface area (Å²) in [5.74, 6) is 0.760. The number of aryl methyl sites for hydroxylation is 2. The van der Waals surface area contributed by atoms with E-state index in [9.17, 15) is 4.79 Å². The maximum Gasteiger partial charge on any atom is 0.271 e. The van der Waals surface area contributed by atoms with Gasteiger partial charge in [0.1, 0.15) is 5.82 Å². The fraction of sp³-hybridized carbons (Fsp3) is 0.400. The Bertz CT molecular complexity index is 510. The summed E-state index contributed by atoms with van der Waals surface area (Å²) in [6.45, 7) is 3.93. The van der Waals surface area contributed by atoms with Gasteiger partial charge in [0.25, 0.3) is 5.56 Å². The SMILES string of the molecule is CCCc1cc(=O)n2[nH]c(C)nc2c1. The Hall–Kier alpha value is -1.58. The maximum atomic E-state index is 11.6. The first-order valence-electron chi connectivity index (χ1n) is 4.79. The third kappa shape index (κ3) is 1.43. The quantitative estimate of drug-likeness (QED) is 0.777. The molecule has 0 aliphatic heterocycles. The number of fused-ring (bicyclic) bond motifs is 1. The van der Waals surface area contributed by atoms with E-state index in [1.54, 1.807) is 6.07 Å². The largest absolute Gasteiger partial charge is 0.277 e. The number of pyridine rings is 1. The normalized spacial score (nSPS) is 11.0. The first-order chi connectivity index (χ1) is 6.70. The van der Waals surface area contributed by atoms with Gasteiger partial charge in [0, 0.05) is 6.07 Å². The van der Waals surface area contributed by atoms with Crippen molar-refractivity contribution in [1.82, 2.24) is 14.6 Å². The van der Waals surface area contributed by atoms with Gasteiger partial charge in [0.15, 0.2) is 5.65 Å². The molecule has 1 N–H and O–H groups in total. The molecule has 0 bridgehead atoms. The smallest absolute Gasteiger partial charge is 0.271 e. The number of nitrogens with one attached hydrogen (secondary N) is 1. The van der Waals surface area contributed by atoms with Gasteiger partial charge < -0.3 is 0 Å². The number of aromatic nitrogens is 3. The Balaban J connectivity index is 2.65. The third-order valence-corrected chi connectivity index (χ3v) is 2.17. The van der Waals surface area contributed by atoms with Crippen LogP contribution in [0.15, 0.2) is 16.9 Å². The summed E-state index contributed by atoms with van der Waals surface area (Å²) >= 11 is 0. The molecule has 0 aromatic carbocycles. The molecule has 0 spiro atoms. The second-order valence-electron chi connectivity index (χ2n) is 3.45. The van der Waals surface area contributed by atoms with Gasteiger partial charge in [-0.1, -0.05) is 13.3 Å². The lowest BCUT2D eigenvalue weighted by Gasteiger charge is -1.97. The van der Waals surface area contributed by atoms with Crippen molar-refractivity contribution in [2.75, 3.05) is 0 Å². The van der Waals surface area contributed by atoms with Crippen LogP contribution in [0.3, 0.4) is 0 Å². The van der Waals surface area contributed by atoms with Gasteiger partial charge in [0.05, 0.1) is 0 Å². The molecular formula is C10H13N3O.